The van der Waals surface area contributed by atoms with Crippen LogP contribution in [0.1, 0.15) is 40.5 Å². The fourth-order valence-electron chi connectivity index (χ4n) is 2.82. The van der Waals surface area contributed by atoms with Gasteiger partial charge in [-0.3, -0.25) is 4.79 Å². The Balaban J connectivity index is 1.57. The first-order valence-corrected chi connectivity index (χ1v) is 8.31. The topological polar surface area (TPSA) is 59.8 Å². The number of hydrogen-bond donors (Lipinski definition) is 1. The fourth-order valence-corrected chi connectivity index (χ4v) is 2.82. The highest BCUT2D eigenvalue weighted by Crippen LogP contribution is 2.40. The summed E-state index contributed by atoms with van der Waals surface area (Å²) in [5.74, 6) is -1.18. The number of nitrogens with zero attached hydrogens (tertiary/aromatic N) is 3. The lowest BCUT2D eigenvalue weighted by atomic mass is 10.2. The van der Waals surface area contributed by atoms with Crippen LogP contribution in [0, 0.1) is 18.6 Å². The predicted molar refractivity (Wildman–Crippen MR) is 92.4 cm³/mol. The molecule has 1 fully saturated rings. The second-order valence-electron chi connectivity index (χ2n) is 6.35. The SMILES string of the molecule is Cc1cc(C2CC2)n(-c2ccc(C(=O)Nc3c(F)cccc3F)cn2)n1. The van der Waals surface area contributed by atoms with E-state index in [9.17, 15) is 13.6 Å². The van der Waals surface area contributed by atoms with Crippen molar-refractivity contribution < 1.29 is 13.6 Å². The summed E-state index contributed by atoms with van der Waals surface area (Å²) < 4.78 is 29.1. The number of anilines is 1. The second-order valence-corrected chi connectivity index (χ2v) is 6.35. The lowest BCUT2D eigenvalue weighted by molar-refractivity contribution is 0.102. The van der Waals surface area contributed by atoms with Crippen LogP contribution in [-0.4, -0.2) is 20.7 Å². The molecule has 1 saturated carbocycles. The van der Waals surface area contributed by atoms with Crippen LogP contribution in [0.15, 0.2) is 42.6 Å². The molecule has 132 valence electrons. The smallest absolute Gasteiger partial charge is 0.257 e. The number of rotatable bonds is 4. The van der Waals surface area contributed by atoms with Crippen LogP contribution in [0.2, 0.25) is 0 Å². The van der Waals surface area contributed by atoms with E-state index in [2.05, 4.69) is 15.4 Å². The zero-order valence-corrected chi connectivity index (χ0v) is 14.0. The van der Waals surface area contributed by atoms with Gasteiger partial charge in [-0.15, -0.1) is 0 Å². The van der Waals surface area contributed by atoms with Gasteiger partial charge in [0.1, 0.15) is 17.3 Å². The number of para-hydroxylation sites is 1. The van der Waals surface area contributed by atoms with Crippen LogP contribution in [0.5, 0.6) is 0 Å². The molecule has 1 aliphatic carbocycles. The van der Waals surface area contributed by atoms with E-state index in [1.807, 2.05) is 13.0 Å². The Morgan fingerprint density at radius 1 is 1.19 bits per heavy atom. The van der Waals surface area contributed by atoms with E-state index >= 15 is 0 Å². The normalized spacial score (nSPS) is 13.7. The molecule has 4 rings (SSSR count). The first-order chi connectivity index (χ1) is 12.5. The van der Waals surface area contributed by atoms with Gasteiger partial charge in [0, 0.05) is 17.8 Å². The summed E-state index contributed by atoms with van der Waals surface area (Å²) in [6.07, 6.45) is 3.65. The Morgan fingerprint density at radius 3 is 2.54 bits per heavy atom. The third-order valence-corrected chi connectivity index (χ3v) is 4.28. The molecule has 0 spiro atoms. The number of halogens is 2. The van der Waals surface area contributed by atoms with E-state index in [4.69, 9.17) is 0 Å². The highest BCUT2D eigenvalue weighted by Gasteiger charge is 2.28. The molecule has 0 radical (unpaired) electrons. The zero-order valence-electron chi connectivity index (χ0n) is 14.0. The number of carbonyl (C=O) groups excluding carboxylic acids is 1. The first-order valence-electron chi connectivity index (χ1n) is 8.31. The Hall–Kier alpha value is -3.09. The molecular formula is C19H16F2N4O. The molecule has 1 aromatic carbocycles. The number of hydrogen-bond acceptors (Lipinski definition) is 3. The van der Waals surface area contributed by atoms with Crippen LogP contribution in [0.3, 0.4) is 0 Å². The van der Waals surface area contributed by atoms with E-state index in [0.29, 0.717) is 11.7 Å². The van der Waals surface area contributed by atoms with Gasteiger partial charge in [-0.05, 0) is 50.1 Å². The van der Waals surface area contributed by atoms with Crippen LogP contribution in [0.4, 0.5) is 14.5 Å². The highest BCUT2D eigenvalue weighted by molar-refractivity contribution is 6.04. The van der Waals surface area contributed by atoms with Crippen LogP contribution in [0.25, 0.3) is 5.82 Å². The minimum absolute atomic E-state index is 0.202. The number of aryl methyl sites for hydroxylation is 1. The quantitative estimate of drug-likeness (QED) is 0.771. The minimum Gasteiger partial charge on any atom is -0.317 e. The van der Waals surface area contributed by atoms with Gasteiger partial charge in [-0.1, -0.05) is 6.07 Å². The number of aromatic nitrogens is 3. The van der Waals surface area contributed by atoms with Crippen molar-refractivity contribution in [1.82, 2.24) is 14.8 Å². The van der Waals surface area contributed by atoms with Crippen molar-refractivity contribution >= 4 is 11.6 Å². The molecule has 7 heteroatoms. The summed E-state index contributed by atoms with van der Waals surface area (Å²) in [5, 5.41) is 6.71. The maximum absolute atomic E-state index is 13.7. The summed E-state index contributed by atoms with van der Waals surface area (Å²) in [5.41, 5.74) is 1.75. The molecule has 3 aromatic rings. The maximum Gasteiger partial charge on any atom is 0.257 e. The number of benzene rings is 1. The third-order valence-electron chi connectivity index (χ3n) is 4.28. The third kappa shape index (κ3) is 3.08. The van der Waals surface area contributed by atoms with E-state index in [1.54, 1.807) is 16.8 Å². The number of amides is 1. The van der Waals surface area contributed by atoms with Gasteiger partial charge in [0.15, 0.2) is 5.82 Å². The van der Waals surface area contributed by atoms with Crippen molar-refractivity contribution in [2.24, 2.45) is 0 Å². The first kappa shape index (κ1) is 16.4. The summed E-state index contributed by atoms with van der Waals surface area (Å²) in [4.78, 5) is 16.5. The van der Waals surface area contributed by atoms with Crippen molar-refractivity contribution in [1.29, 1.82) is 0 Å². The summed E-state index contributed by atoms with van der Waals surface area (Å²) in [7, 11) is 0. The Morgan fingerprint density at radius 2 is 1.92 bits per heavy atom. The molecule has 0 unspecified atom stereocenters. The minimum atomic E-state index is -0.830. The maximum atomic E-state index is 13.7. The van der Waals surface area contributed by atoms with Gasteiger partial charge in [-0.25, -0.2) is 18.4 Å². The summed E-state index contributed by atoms with van der Waals surface area (Å²) >= 11 is 0. The van der Waals surface area contributed by atoms with Gasteiger partial charge < -0.3 is 5.32 Å². The predicted octanol–water partition coefficient (Wildman–Crippen LogP) is 3.98. The monoisotopic (exact) mass is 354 g/mol. The van der Waals surface area contributed by atoms with Crippen molar-refractivity contribution in [3.8, 4) is 5.82 Å². The van der Waals surface area contributed by atoms with E-state index < -0.39 is 23.2 Å². The van der Waals surface area contributed by atoms with Gasteiger partial charge in [-0.2, -0.15) is 5.10 Å². The molecule has 0 atom stereocenters. The Kier molecular flexibility index (Phi) is 3.99. The van der Waals surface area contributed by atoms with Crippen molar-refractivity contribution in [3.05, 3.63) is 71.2 Å². The second kappa shape index (κ2) is 6.33. The molecule has 1 N–H and O–H groups in total. The lowest BCUT2D eigenvalue weighted by Crippen LogP contribution is -2.15. The summed E-state index contributed by atoms with van der Waals surface area (Å²) in [6.45, 7) is 1.92. The Labute approximate surface area is 148 Å². The van der Waals surface area contributed by atoms with Gasteiger partial charge in [0.25, 0.3) is 5.91 Å². The van der Waals surface area contributed by atoms with Gasteiger partial charge in [0.05, 0.1) is 11.3 Å². The van der Waals surface area contributed by atoms with Crippen LogP contribution >= 0.6 is 0 Å². The molecular weight excluding hydrogens is 338 g/mol. The average molecular weight is 354 g/mol. The molecule has 1 aliphatic rings. The number of carbonyl (C=O) groups is 1. The van der Waals surface area contributed by atoms with Gasteiger partial charge in [0.2, 0.25) is 0 Å². The van der Waals surface area contributed by atoms with Crippen molar-refractivity contribution in [3.63, 3.8) is 0 Å². The lowest BCUT2D eigenvalue weighted by Gasteiger charge is -2.09. The molecule has 2 aromatic heterocycles. The molecule has 5 nitrogen and oxygen atoms in total. The highest BCUT2D eigenvalue weighted by atomic mass is 19.1. The van der Waals surface area contributed by atoms with E-state index in [0.717, 1.165) is 36.4 Å². The van der Waals surface area contributed by atoms with Crippen LogP contribution < -0.4 is 5.32 Å². The summed E-state index contributed by atoms with van der Waals surface area (Å²) in [6, 6.07) is 8.68. The van der Waals surface area contributed by atoms with Gasteiger partial charge >= 0.3 is 0 Å². The van der Waals surface area contributed by atoms with E-state index in [1.165, 1.54) is 12.3 Å². The largest absolute Gasteiger partial charge is 0.317 e. The van der Waals surface area contributed by atoms with Crippen molar-refractivity contribution in [2.45, 2.75) is 25.7 Å². The molecule has 2 heterocycles. The molecule has 0 aliphatic heterocycles. The van der Waals surface area contributed by atoms with Crippen molar-refractivity contribution in [2.75, 3.05) is 5.32 Å². The Bertz CT molecular complexity index is 957. The molecule has 0 saturated heterocycles. The standard InChI is InChI=1S/C19H16F2N4O/c1-11-9-16(12-5-6-12)25(24-11)17-8-7-13(10-22-17)19(26)23-18-14(20)3-2-4-15(18)21/h2-4,7-10,12H,5-6H2,1H3,(H,23,26). The molecule has 1 amide bonds. The zero-order chi connectivity index (χ0) is 18.3. The van der Waals surface area contributed by atoms with E-state index in [-0.39, 0.29) is 5.56 Å². The molecule has 26 heavy (non-hydrogen) atoms. The molecule has 0 bridgehead atoms. The fraction of sp³-hybridized carbons (Fsp3) is 0.211. The average Bonchev–Trinajstić information content (AvgIpc) is 3.40. The van der Waals surface area contributed by atoms with Crippen LogP contribution in [-0.2, 0) is 0 Å². The number of pyridine rings is 1. The number of nitrogens with one attached hydrogen (secondary N) is 1.